The zero-order valence-electron chi connectivity index (χ0n) is 13.2. The van der Waals surface area contributed by atoms with Gasteiger partial charge in [0.1, 0.15) is 0 Å². The molecule has 0 bridgehead atoms. The van der Waals surface area contributed by atoms with Crippen LogP contribution in [-0.2, 0) is 0 Å². The van der Waals surface area contributed by atoms with Crippen LogP contribution in [0.4, 0.5) is 0 Å². The molecule has 0 spiro atoms. The monoisotopic (exact) mass is 393 g/mol. The van der Waals surface area contributed by atoms with Gasteiger partial charge in [-0.1, -0.05) is 0 Å². The van der Waals surface area contributed by atoms with Crippen molar-refractivity contribution in [3.8, 4) is 28.3 Å². The van der Waals surface area contributed by atoms with Crippen LogP contribution < -0.4 is 3.58 Å². The van der Waals surface area contributed by atoms with Crippen molar-refractivity contribution in [1.82, 2.24) is 0 Å². The maximum atomic E-state index is 9.71. The molecule has 0 aromatic heterocycles. The molecule has 0 atom stereocenters. The third kappa shape index (κ3) is 2.76. The molecule has 2 heteroatoms. The quantitative estimate of drug-likeness (QED) is 0.571. The van der Waals surface area contributed by atoms with Crippen LogP contribution in [0.1, 0.15) is 5.56 Å². The number of fused-ring (bicyclic) bond motifs is 1. The Kier molecular flexibility index (Phi) is 3.97. The Labute approximate surface area is 136 Å². The van der Waals surface area contributed by atoms with Gasteiger partial charge < -0.3 is 0 Å². The summed E-state index contributed by atoms with van der Waals surface area (Å²) >= 11 is -2.17. The van der Waals surface area contributed by atoms with Crippen molar-refractivity contribution in [2.45, 2.75) is 14.8 Å². The van der Waals surface area contributed by atoms with Crippen LogP contribution in [0.25, 0.3) is 22.3 Å². The van der Waals surface area contributed by atoms with Gasteiger partial charge in [-0.05, 0) is 0 Å². The van der Waals surface area contributed by atoms with Crippen molar-refractivity contribution >= 4 is 22.0 Å². The van der Waals surface area contributed by atoms with Gasteiger partial charge in [0.15, 0.2) is 0 Å². The Hall–Kier alpha value is -1.79. The van der Waals surface area contributed by atoms with E-state index in [0.717, 1.165) is 27.8 Å². The van der Waals surface area contributed by atoms with Crippen LogP contribution in [-0.4, -0.2) is 18.4 Å². The number of hydrogen-bond acceptors (Lipinski definition) is 1. The Morgan fingerprint density at radius 1 is 0.773 bits per heavy atom. The van der Waals surface area contributed by atoms with Crippen LogP contribution in [0, 0.1) is 11.3 Å². The van der Waals surface area contributed by atoms with Crippen molar-refractivity contribution in [3.63, 3.8) is 0 Å². The van der Waals surface area contributed by atoms with Gasteiger partial charge in [0, 0.05) is 0 Å². The van der Waals surface area contributed by atoms with Crippen LogP contribution in [0.3, 0.4) is 0 Å². The van der Waals surface area contributed by atoms with E-state index in [1.54, 1.807) is 0 Å². The normalized spacial score (nSPS) is 11.4. The minimum atomic E-state index is -2.17. The molecule has 0 amide bonds. The molecule has 0 aliphatic heterocycles. The number of rotatable bonds is 2. The molecule has 22 heavy (non-hydrogen) atoms. The Balaban J connectivity index is 2.30. The molecule has 0 fully saturated rings. The van der Waals surface area contributed by atoms with Gasteiger partial charge in [0.2, 0.25) is 0 Å². The molecule has 0 saturated heterocycles. The standard InChI is InChI=1S/C17H10N.3CH3.Sn/c18-12-17-15-10-6-2-5-9-14(15)11-16(17)13-7-3-1-4-8-13;;;;/h1-5,7-11H;3*1H3;. The number of benzene rings is 1. The first-order valence-electron chi connectivity index (χ1n) is 7.53. The second-order valence-electron chi connectivity index (χ2n) is 6.66. The van der Waals surface area contributed by atoms with Gasteiger partial charge in [-0.15, -0.1) is 0 Å². The first kappa shape index (κ1) is 15.1. The average Bonchev–Trinajstić information content (AvgIpc) is 2.69. The van der Waals surface area contributed by atoms with E-state index in [1.165, 1.54) is 3.58 Å². The summed E-state index contributed by atoms with van der Waals surface area (Å²) in [5.74, 6) is 0. The molecule has 2 aliphatic rings. The van der Waals surface area contributed by atoms with Crippen LogP contribution >= 0.6 is 0 Å². The van der Waals surface area contributed by atoms with Crippen LogP contribution in [0.15, 0.2) is 60.7 Å². The third-order valence-electron chi connectivity index (χ3n) is 4.06. The third-order valence-corrected chi connectivity index (χ3v) is 9.89. The van der Waals surface area contributed by atoms with Gasteiger partial charge in [0.25, 0.3) is 0 Å². The summed E-state index contributed by atoms with van der Waals surface area (Å²) in [5, 5.41) is 9.71. The fraction of sp³-hybridized carbons (Fsp3) is 0.150. The van der Waals surface area contributed by atoms with Crippen LogP contribution in [0.5, 0.6) is 0 Å². The molecule has 0 radical (unpaired) electrons. The molecule has 0 unspecified atom stereocenters. The predicted octanol–water partition coefficient (Wildman–Crippen LogP) is 4.88. The van der Waals surface area contributed by atoms with Crippen molar-refractivity contribution in [3.05, 3.63) is 66.2 Å². The fourth-order valence-corrected chi connectivity index (χ4v) is 6.13. The summed E-state index contributed by atoms with van der Waals surface area (Å²) in [5.41, 5.74) is 5.19. The molecule has 3 rings (SSSR count). The summed E-state index contributed by atoms with van der Waals surface area (Å²) in [7, 11) is 0. The van der Waals surface area contributed by atoms with Gasteiger partial charge in [-0.2, -0.15) is 0 Å². The Morgan fingerprint density at radius 2 is 1.41 bits per heavy atom. The molecule has 108 valence electrons. The summed E-state index contributed by atoms with van der Waals surface area (Å²) in [6.07, 6.45) is 0. The molecule has 0 heterocycles. The summed E-state index contributed by atoms with van der Waals surface area (Å²) < 4.78 is 1.45. The summed E-state index contributed by atoms with van der Waals surface area (Å²) in [6.45, 7) is 0. The molecular formula is C20H19NSn. The average molecular weight is 392 g/mol. The van der Waals surface area contributed by atoms with E-state index in [-0.39, 0.29) is 0 Å². The molecule has 0 N–H and O–H groups in total. The van der Waals surface area contributed by atoms with Crippen molar-refractivity contribution in [1.29, 1.82) is 5.26 Å². The molecular weight excluding hydrogens is 373 g/mol. The second kappa shape index (κ2) is 5.78. The van der Waals surface area contributed by atoms with E-state index < -0.39 is 18.4 Å². The van der Waals surface area contributed by atoms with Crippen LogP contribution in [0.2, 0.25) is 14.8 Å². The topological polar surface area (TPSA) is 23.8 Å². The first-order chi connectivity index (χ1) is 10.5. The Bertz CT molecular complexity index is 823. The first-order valence-corrected chi connectivity index (χ1v) is 17.5. The van der Waals surface area contributed by atoms with E-state index in [4.69, 9.17) is 0 Å². The van der Waals surface area contributed by atoms with Gasteiger partial charge >= 0.3 is 137 Å². The van der Waals surface area contributed by atoms with E-state index in [9.17, 15) is 5.26 Å². The molecule has 1 aromatic carbocycles. The van der Waals surface area contributed by atoms with Crippen molar-refractivity contribution < 1.29 is 0 Å². The predicted molar refractivity (Wildman–Crippen MR) is 96.2 cm³/mol. The minimum absolute atomic E-state index is 0.800. The summed E-state index contributed by atoms with van der Waals surface area (Å²) in [6, 6.07) is 23.5. The summed E-state index contributed by atoms with van der Waals surface area (Å²) in [4.78, 5) is 7.22. The van der Waals surface area contributed by atoms with Crippen molar-refractivity contribution in [2.75, 3.05) is 0 Å². The van der Waals surface area contributed by atoms with E-state index in [0.29, 0.717) is 0 Å². The zero-order valence-corrected chi connectivity index (χ0v) is 16.1. The molecule has 0 saturated carbocycles. The molecule has 1 nitrogen and oxygen atoms in total. The SMILES string of the molecule is [CH3][Sn]([CH3])([CH3])[c]1cccc2cc(-c3ccccc3)c(C#N)c-2c1. The Morgan fingerprint density at radius 3 is 2.05 bits per heavy atom. The van der Waals surface area contributed by atoms with Gasteiger partial charge in [0.05, 0.1) is 0 Å². The van der Waals surface area contributed by atoms with E-state index >= 15 is 0 Å². The maximum absolute atomic E-state index is 9.71. The van der Waals surface area contributed by atoms with Crippen molar-refractivity contribution in [2.24, 2.45) is 0 Å². The molecule has 2 aliphatic carbocycles. The van der Waals surface area contributed by atoms with E-state index in [1.807, 2.05) is 18.2 Å². The number of nitrogens with zero attached hydrogens (tertiary/aromatic N) is 1. The number of nitriles is 1. The zero-order chi connectivity index (χ0) is 15.7. The van der Waals surface area contributed by atoms with Gasteiger partial charge in [-0.3, -0.25) is 0 Å². The van der Waals surface area contributed by atoms with E-state index in [2.05, 4.69) is 63.4 Å². The second-order valence-corrected chi connectivity index (χ2v) is 21.1. The van der Waals surface area contributed by atoms with Gasteiger partial charge in [-0.25, -0.2) is 0 Å². The fourth-order valence-electron chi connectivity index (χ4n) is 2.78. The number of hydrogen-bond donors (Lipinski definition) is 0. The molecule has 1 aromatic rings.